The van der Waals surface area contributed by atoms with Gasteiger partial charge in [0.05, 0.1) is 27.1 Å². The largest absolute Gasteiger partial charge is 0.299 e. The molecule has 48 heavy (non-hydrogen) atoms. The number of anilines is 2. The van der Waals surface area contributed by atoms with Crippen LogP contribution in [0.1, 0.15) is 29.1 Å². The lowest BCUT2D eigenvalue weighted by Gasteiger charge is -2.46. The van der Waals surface area contributed by atoms with Gasteiger partial charge in [-0.2, -0.15) is 0 Å². The normalized spacial score (nSPS) is 15.0. The minimum atomic E-state index is -2.32. The van der Waals surface area contributed by atoms with E-state index >= 15 is 0 Å². The van der Waals surface area contributed by atoms with Gasteiger partial charge in [0.25, 0.3) is 0 Å². The molecule has 2 aromatic heterocycles. The van der Waals surface area contributed by atoms with Crippen molar-refractivity contribution in [2.75, 3.05) is 4.90 Å². The number of nitrogens with zero attached hydrogens (tertiary/aromatic N) is 3. The summed E-state index contributed by atoms with van der Waals surface area (Å²) in [6.07, 6.45) is 0. The van der Waals surface area contributed by atoms with Crippen LogP contribution in [0.2, 0.25) is 0 Å². The summed E-state index contributed by atoms with van der Waals surface area (Å²) in [5, 5.41) is 8.06. The quantitative estimate of drug-likeness (QED) is 0.189. The highest BCUT2D eigenvalue weighted by Crippen LogP contribution is 2.59. The summed E-state index contributed by atoms with van der Waals surface area (Å²) in [6.45, 7) is 2.20. The summed E-state index contributed by atoms with van der Waals surface area (Å²) >= 11 is 1.81. The Labute approximate surface area is 287 Å². The van der Waals surface area contributed by atoms with Crippen molar-refractivity contribution < 1.29 is 4.11 Å². The Morgan fingerprint density at radius 3 is 2.17 bits per heavy atom. The van der Waals surface area contributed by atoms with E-state index in [-0.39, 0.29) is 5.56 Å². The maximum Gasteiger partial charge on any atom is 0.231 e. The Kier molecular flexibility index (Phi) is 5.10. The Bertz CT molecular complexity index is 2910. The van der Waals surface area contributed by atoms with Crippen molar-refractivity contribution >= 4 is 75.6 Å². The van der Waals surface area contributed by atoms with Crippen molar-refractivity contribution in [1.29, 1.82) is 0 Å². The molecule has 0 atom stereocenters. The van der Waals surface area contributed by atoms with Crippen LogP contribution in [0.4, 0.5) is 11.6 Å². The number of rotatable bonds is 2. The third-order valence-electron chi connectivity index (χ3n) is 10.1. The number of thiophene rings is 1. The average Bonchev–Trinajstić information content (AvgIpc) is 3.54. The highest BCUT2D eigenvalue weighted by atomic mass is 32.1. The van der Waals surface area contributed by atoms with Crippen LogP contribution in [0.5, 0.6) is 0 Å². The molecule has 1 aliphatic rings. The van der Waals surface area contributed by atoms with Crippen LogP contribution in [0, 0.1) is 6.85 Å². The number of para-hydroxylation sites is 1. The van der Waals surface area contributed by atoms with Crippen LogP contribution in [0.15, 0.2) is 133 Å². The summed E-state index contributed by atoms with van der Waals surface area (Å²) in [7, 11) is 0. The molecule has 0 radical (unpaired) electrons. The van der Waals surface area contributed by atoms with Gasteiger partial charge in [-0.15, -0.1) is 11.3 Å². The van der Waals surface area contributed by atoms with Crippen LogP contribution in [0.3, 0.4) is 0 Å². The number of benzene rings is 7. The molecule has 3 nitrogen and oxygen atoms in total. The molecule has 0 bridgehead atoms. The van der Waals surface area contributed by atoms with Gasteiger partial charge in [0, 0.05) is 36.1 Å². The molecule has 4 heteroatoms. The second kappa shape index (κ2) is 9.96. The number of hydrogen-bond acceptors (Lipinski definition) is 4. The van der Waals surface area contributed by atoms with Gasteiger partial charge in [-0.3, -0.25) is 4.90 Å². The van der Waals surface area contributed by atoms with Gasteiger partial charge in [-0.05, 0) is 71.1 Å². The van der Waals surface area contributed by atoms with Crippen LogP contribution in [0.25, 0.3) is 75.0 Å². The van der Waals surface area contributed by atoms with Crippen molar-refractivity contribution in [2.45, 2.75) is 26.2 Å². The molecule has 3 heterocycles. The molecule has 9 aromatic rings. The zero-order chi connectivity index (χ0) is 34.6. The van der Waals surface area contributed by atoms with E-state index < -0.39 is 12.4 Å². The Morgan fingerprint density at radius 2 is 1.31 bits per heavy atom. The molecule has 228 valence electrons. The van der Waals surface area contributed by atoms with Crippen LogP contribution >= 0.6 is 11.3 Å². The number of hydrogen-bond donors (Lipinski definition) is 0. The molecule has 0 aliphatic carbocycles. The van der Waals surface area contributed by atoms with Gasteiger partial charge >= 0.3 is 0 Å². The predicted octanol–water partition coefficient (Wildman–Crippen LogP) is 12.3. The fourth-order valence-corrected chi connectivity index (χ4v) is 9.22. The van der Waals surface area contributed by atoms with Crippen LogP contribution in [-0.2, 0) is 5.54 Å². The third kappa shape index (κ3) is 3.69. The zero-order valence-electron chi connectivity index (χ0n) is 29.5. The van der Waals surface area contributed by atoms with Crippen molar-refractivity contribution in [3.05, 3.63) is 145 Å². The van der Waals surface area contributed by atoms with Crippen LogP contribution in [-0.4, -0.2) is 9.97 Å². The minimum absolute atomic E-state index is 0.271. The lowest BCUT2D eigenvalue weighted by molar-refractivity contribution is 0.525. The Morgan fingerprint density at radius 1 is 0.625 bits per heavy atom. The number of aromatic nitrogens is 2. The first kappa shape index (κ1) is 24.6. The molecule has 7 aromatic carbocycles. The smallest absolute Gasteiger partial charge is 0.231 e. The summed E-state index contributed by atoms with van der Waals surface area (Å²) in [5.41, 5.74) is 6.26. The van der Waals surface area contributed by atoms with Gasteiger partial charge in [0.15, 0.2) is 0 Å². The first-order valence-electron chi connectivity index (χ1n) is 17.8. The maximum atomic E-state index is 8.43. The van der Waals surface area contributed by atoms with E-state index in [4.69, 9.17) is 14.1 Å². The van der Waals surface area contributed by atoms with Gasteiger partial charge in [-0.1, -0.05) is 121 Å². The molecule has 0 saturated heterocycles. The van der Waals surface area contributed by atoms with Gasteiger partial charge < -0.3 is 0 Å². The lowest BCUT2D eigenvalue weighted by atomic mass is 9.76. The summed E-state index contributed by atoms with van der Waals surface area (Å²) < 4.78 is 27.7. The van der Waals surface area contributed by atoms with E-state index in [1.807, 2.05) is 47.7 Å². The van der Waals surface area contributed by atoms with E-state index in [1.165, 1.54) is 52.8 Å². The first-order valence-corrected chi connectivity index (χ1v) is 17.1. The molecule has 0 saturated carbocycles. The van der Waals surface area contributed by atoms with E-state index in [1.54, 1.807) is 12.1 Å². The second-order valence-corrected chi connectivity index (χ2v) is 14.2. The second-order valence-electron chi connectivity index (χ2n) is 13.1. The maximum absolute atomic E-state index is 8.43. The average molecular weight is 637 g/mol. The van der Waals surface area contributed by atoms with E-state index in [2.05, 4.69) is 104 Å². The van der Waals surface area contributed by atoms with Crippen molar-refractivity contribution in [2.24, 2.45) is 0 Å². The molecular formula is C44H31N3S. The molecule has 1 aliphatic heterocycles. The first-order chi connectivity index (χ1) is 24.7. The fraction of sp³-hybridized carbons (Fsp3) is 0.0909. The highest BCUT2D eigenvalue weighted by Gasteiger charge is 2.43. The van der Waals surface area contributed by atoms with Gasteiger partial charge in [0.1, 0.15) is 0 Å². The molecular weight excluding hydrogens is 603 g/mol. The van der Waals surface area contributed by atoms with E-state index in [9.17, 15) is 0 Å². The molecule has 10 rings (SSSR count). The van der Waals surface area contributed by atoms with Gasteiger partial charge in [-0.25, -0.2) is 9.97 Å². The highest BCUT2D eigenvalue weighted by molar-refractivity contribution is 7.26. The summed E-state index contributed by atoms with van der Waals surface area (Å²) in [6, 6.07) is 45.7. The molecule has 0 unspecified atom stereocenters. The number of fused-ring (bicyclic) bond motifs is 13. The SMILES string of the molecule is [2H]C([2H])([2H])c1ccccc1-c1nc(N2c3c(c4ccccc4c4c3sc3ccccc34)-c3c(ccc4ccccc34)C2(C)C)nc2ccccc12. The number of aryl methyl sites for hydroxylation is 1. The Balaban J connectivity index is 1.41. The molecule has 0 N–H and O–H groups in total. The monoisotopic (exact) mass is 636 g/mol. The fourth-order valence-electron chi connectivity index (χ4n) is 7.97. The standard InChI is InChI=1S/C44H31N3S/c1-26-14-4-6-16-28(26)40-32-20-10-12-22-35(32)45-43(46-40)47-41-39(38-29-17-7-5-15-27(29)24-25-34(38)44(47,2)3)31-19-9-8-18-30(31)37-33-21-11-13-23-36(33)48-42(37)41/h4-25H,1-3H3/i1D3. The van der Waals surface area contributed by atoms with Crippen LogP contribution < -0.4 is 4.90 Å². The zero-order valence-corrected chi connectivity index (χ0v) is 27.3. The van der Waals surface area contributed by atoms with Gasteiger partial charge in [0.2, 0.25) is 5.95 Å². The summed E-state index contributed by atoms with van der Waals surface area (Å²) in [4.78, 5) is 13.1. The topological polar surface area (TPSA) is 29.0 Å². The lowest BCUT2D eigenvalue weighted by Crippen LogP contribution is -2.42. The molecule has 0 fully saturated rings. The Hall–Kier alpha value is -5.58. The van der Waals surface area contributed by atoms with Crippen molar-refractivity contribution in [3.63, 3.8) is 0 Å². The van der Waals surface area contributed by atoms with E-state index in [0.717, 1.165) is 22.2 Å². The van der Waals surface area contributed by atoms with E-state index in [0.29, 0.717) is 17.2 Å². The predicted molar refractivity (Wildman–Crippen MR) is 205 cm³/mol. The molecule has 0 amide bonds. The third-order valence-corrected chi connectivity index (χ3v) is 11.3. The molecule has 0 spiro atoms. The summed E-state index contributed by atoms with van der Waals surface area (Å²) in [5.74, 6) is 0.531. The van der Waals surface area contributed by atoms with Crippen molar-refractivity contribution in [3.8, 4) is 22.4 Å². The minimum Gasteiger partial charge on any atom is -0.299 e. The van der Waals surface area contributed by atoms with Crippen molar-refractivity contribution in [1.82, 2.24) is 9.97 Å².